The molecule has 1 saturated heterocycles. The van der Waals surface area contributed by atoms with Gasteiger partial charge in [0.15, 0.2) is 0 Å². The molecule has 1 atom stereocenters. The van der Waals surface area contributed by atoms with E-state index in [1.54, 1.807) is 6.42 Å². The van der Waals surface area contributed by atoms with Gasteiger partial charge >= 0.3 is 0 Å². The molecule has 4 saturated carbocycles. The molecule has 2 nitrogen and oxygen atoms in total. The summed E-state index contributed by atoms with van der Waals surface area (Å²) in [6.07, 6.45) is 10.1. The summed E-state index contributed by atoms with van der Waals surface area (Å²) in [5.41, 5.74) is 0.380. The highest BCUT2D eigenvalue weighted by Crippen LogP contribution is 2.58. The van der Waals surface area contributed by atoms with Gasteiger partial charge in [0.25, 0.3) is 0 Å². The van der Waals surface area contributed by atoms with Crippen LogP contribution in [-0.4, -0.2) is 24.8 Å². The fourth-order valence-electron chi connectivity index (χ4n) is 5.83. The van der Waals surface area contributed by atoms with E-state index in [-0.39, 0.29) is 0 Å². The van der Waals surface area contributed by atoms with Crippen LogP contribution in [-0.2, 0) is 4.74 Å². The van der Waals surface area contributed by atoms with E-state index in [0.29, 0.717) is 11.6 Å². The minimum atomic E-state index is 0.380. The molecule has 102 valence electrons. The molecule has 1 N–H and O–H groups in total. The monoisotopic (exact) mass is 249 g/mol. The Bertz CT molecular complexity index is 297. The highest BCUT2D eigenvalue weighted by Gasteiger charge is 2.58. The van der Waals surface area contributed by atoms with Gasteiger partial charge in [0.05, 0.1) is 13.2 Å². The van der Waals surface area contributed by atoms with E-state index < -0.39 is 0 Å². The zero-order valence-corrected chi connectivity index (χ0v) is 11.7. The molecular formula is C16H27NO. The molecule has 5 rings (SSSR count). The molecule has 5 fully saturated rings. The average molecular weight is 249 g/mol. The zero-order chi connectivity index (χ0) is 12.2. The Hall–Kier alpha value is -0.0800. The molecule has 18 heavy (non-hydrogen) atoms. The van der Waals surface area contributed by atoms with Crippen molar-refractivity contribution in [2.24, 2.45) is 23.7 Å². The third kappa shape index (κ3) is 1.61. The van der Waals surface area contributed by atoms with E-state index in [9.17, 15) is 0 Å². The van der Waals surface area contributed by atoms with Gasteiger partial charge < -0.3 is 10.1 Å². The first-order valence-electron chi connectivity index (χ1n) is 8.15. The van der Waals surface area contributed by atoms with Gasteiger partial charge in [-0.15, -0.1) is 0 Å². The number of hydrogen-bond donors (Lipinski definition) is 1. The smallest absolute Gasteiger partial charge is 0.0654 e. The molecule has 5 aliphatic rings. The largest absolute Gasteiger partial charge is 0.378 e. The first-order valence-corrected chi connectivity index (χ1v) is 8.15. The maximum Gasteiger partial charge on any atom is 0.0654 e. The Morgan fingerprint density at radius 2 is 1.72 bits per heavy atom. The quantitative estimate of drug-likeness (QED) is 0.812. The number of nitrogens with one attached hydrogen (secondary N) is 1. The molecule has 4 aliphatic carbocycles. The van der Waals surface area contributed by atoms with Crippen LogP contribution in [0.25, 0.3) is 0 Å². The van der Waals surface area contributed by atoms with Crippen LogP contribution in [0.1, 0.15) is 51.9 Å². The van der Waals surface area contributed by atoms with Crippen molar-refractivity contribution in [2.45, 2.75) is 63.5 Å². The van der Waals surface area contributed by atoms with Crippen LogP contribution in [0.4, 0.5) is 0 Å². The van der Waals surface area contributed by atoms with Crippen LogP contribution in [0, 0.1) is 23.7 Å². The van der Waals surface area contributed by atoms with Crippen LogP contribution in [0.5, 0.6) is 0 Å². The van der Waals surface area contributed by atoms with Crippen molar-refractivity contribution in [2.75, 3.05) is 13.2 Å². The Morgan fingerprint density at radius 1 is 1.06 bits per heavy atom. The van der Waals surface area contributed by atoms with Gasteiger partial charge in [-0.05, 0) is 62.2 Å². The Labute approximate surface area is 111 Å². The molecule has 1 unspecified atom stereocenters. The lowest BCUT2D eigenvalue weighted by atomic mass is 9.48. The van der Waals surface area contributed by atoms with Crippen LogP contribution >= 0.6 is 0 Å². The third-order valence-corrected chi connectivity index (χ3v) is 6.36. The first kappa shape index (κ1) is 11.7. The topological polar surface area (TPSA) is 21.3 Å². The SMILES string of the molecule is CCCC1COCC2(N1)C1CC3CC(C1)CC2C3. The molecule has 2 heteroatoms. The van der Waals surface area contributed by atoms with E-state index in [0.717, 1.165) is 36.9 Å². The predicted octanol–water partition coefficient (Wildman–Crippen LogP) is 2.97. The Morgan fingerprint density at radius 3 is 2.33 bits per heavy atom. The second-order valence-corrected chi connectivity index (χ2v) is 7.49. The summed E-state index contributed by atoms with van der Waals surface area (Å²) in [6.45, 7) is 4.24. The number of ether oxygens (including phenoxy) is 1. The second-order valence-electron chi connectivity index (χ2n) is 7.49. The number of rotatable bonds is 2. The summed E-state index contributed by atoms with van der Waals surface area (Å²) in [7, 11) is 0. The molecule has 1 aliphatic heterocycles. The van der Waals surface area contributed by atoms with E-state index in [1.165, 1.54) is 38.5 Å². The molecule has 1 heterocycles. The van der Waals surface area contributed by atoms with E-state index in [2.05, 4.69) is 12.2 Å². The van der Waals surface area contributed by atoms with Gasteiger partial charge in [0.1, 0.15) is 0 Å². The van der Waals surface area contributed by atoms with Crippen molar-refractivity contribution >= 4 is 0 Å². The Kier molecular flexibility index (Phi) is 2.74. The normalized spacial score (nSPS) is 54.2. The van der Waals surface area contributed by atoms with Gasteiger partial charge in [-0.1, -0.05) is 13.3 Å². The molecule has 0 radical (unpaired) electrons. The van der Waals surface area contributed by atoms with Crippen molar-refractivity contribution in [1.82, 2.24) is 5.32 Å². The maximum atomic E-state index is 6.05. The molecule has 0 aromatic rings. The van der Waals surface area contributed by atoms with Crippen molar-refractivity contribution < 1.29 is 4.74 Å². The van der Waals surface area contributed by atoms with Crippen LogP contribution in [0.2, 0.25) is 0 Å². The van der Waals surface area contributed by atoms with E-state index in [4.69, 9.17) is 4.74 Å². The minimum absolute atomic E-state index is 0.380. The number of hydrogen-bond acceptors (Lipinski definition) is 2. The average Bonchev–Trinajstić information content (AvgIpc) is 2.36. The molecule has 4 bridgehead atoms. The Balaban J connectivity index is 1.58. The van der Waals surface area contributed by atoms with Gasteiger partial charge in [-0.3, -0.25) is 0 Å². The third-order valence-electron chi connectivity index (χ3n) is 6.36. The van der Waals surface area contributed by atoms with E-state index in [1.807, 2.05) is 0 Å². The summed E-state index contributed by atoms with van der Waals surface area (Å²) in [4.78, 5) is 0. The first-order chi connectivity index (χ1) is 8.80. The fourth-order valence-corrected chi connectivity index (χ4v) is 5.83. The van der Waals surface area contributed by atoms with Crippen LogP contribution < -0.4 is 5.32 Å². The van der Waals surface area contributed by atoms with Crippen molar-refractivity contribution in [3.05, 3.63) is 0 Å². The lowest BCUT2D eigenvalue weighted by Crippen LogP contribution is -2.71. The van der Waals surface area contributed by atoms with Crippen molar-refractivity contribution in [1.29, 1.82) is 0 Å². The van der Waals surface area contributed by atoms with Crippen molar-refractivity contribution in [3.63, 3.8) is 0 Å². The maximum absolute atomic E-state index is 6.05. The van der Waals surface area contributed by atoms with Gasteiger partial charge in [0, 0.05) is 11.6 Å². The predicted molar refractivity (Wildman–Crippen MR) is 72.4 cm³/mol. The molecule has 0 aromatic heterocycles. The van der Waals surface area contributed by atoms with Crippen LogP contribution in [0.3, 0.4) is 0 Å². The van der Waals surface area contributed by atoms with Gasteiger partial charge in [-0.25, -0.2) is 0 Å². The van der Waals surface area contributed by atoms with Crippen molar-refractivity contribution in [3.8, 4) is 0 Å². The zero-order valence-electron chi connectivity index (χ0n) is 11.7. The molecular weight excluding hydrogens is 222 g/mol. The molecule has 0 amide bonds. The highest BCUT2D eigenvalue weighted by atomic mass is 16.5. The van der Waals surface area contributed by atoms with Crippen LogP contribution in [0.15, 0.2) is 0 Å². The summed E-state index contributed by atoms with van der Waals surface area (Å²) in [5, 5.41) is 4.09. The van der Waals surface area contributed by atoms with E-state index >= 15 is 0 Å². The summed E-state index contributed by atoms with van der Waals surface area (Å²) < 4.78 is 6.05. The molecule has 1 spiro atoms. The summed E-state index contributed by atoms with van der Waals surface area (Å²) >= 11 is 0. The second kappa shape index (κ2) is 4.21. The van der Waals surface area contributed by atoms with Gasteiger partial charge in [0.2, 0.25) is 0 Å². The molecule has 0 aromatic carbocycles. The highest BCUT2D eigenvalue weighted by molar-refractivity contribution is 5.13. The fraction of sp³-hybridized carbons (Fsp3) is 1.00. The lowest BCUT2D eigenvalue weighted by molar-refractivity contribution is -0.139. The minimum Gasteiger partial charge on any atom is -0.378 e. The summed E-state index contributed by atoms with van der Waals surface area (Å²) in [5.74, 6) is 3.97. The lowest BCUT2D eigenvalue weighted by Gasteiger charge is -2.63. The summed E-state index contributed by atoms with van der Waals surface area (Å²) in [6, 6.07) is 0.626. The standard InChI is InChI=1S/C16H27NO/c1-2-3-15-9-18-10-16(17-15)13-5-11-4-12(7-13)8-14(16)6-11/h11-15,17H,2-10H2,1H3. The van der Waals surface area contributed by atoms with Gasteiger partial charge in [-0.2, -0.15) is 0 Å². The number of morpholine rings is 1.